The minimum atomic E-state index is -0.705. The van der Waals surface area contributed by atoms with Gasteiger partial charge in [0, 0.05) is 19.1 Å². The second-order valence-corrected chi connectivity index (χ2v) is 3.88. The third kappa shape index (κ3) is 2.53. The van der Waals surface area contributed by atoms with E-state index in [9.17, 15) is 18.7 Å². The molecule has 0 amide bonds. The van der Waals surface area contributed by atoms with Gasteiger partial charge in [0.15, 0.2) is 5.78 Å². The molecular weight excluding hydrogens is 242 g/mol. The number of benzene rings is 1. The van der Waals surface area contributed by atoms with Crippen LogP contribution in [-0.4, -0.2) is 20.7 Å². The number of Topliss-reactive ketones (excluding diaryl/α,β-unsaturated/α-hetero) is 1. The molecule has 94 valence electrons. The summed E-state index contributed by atoms with van der Waals surface area (Å²) in [5, 5.41) is 13.4. The number of hydrogen-bond donors (Lipinski definition) is 1. The van der Waals surface area contributed by atoms with Gasteiger partial charge in [0.05, 0.1) is 6.54 Å². The Hall–Kier alpha value is -2.24. The largest absolute Gasteiger partial charge is 0.493 e. The van der Waals surface area contributed by atoms with Crippen molar-refractivity contribution in [2.75, 3.05) is 0 Å². The molecule has 0 aliphatic rings. The average molecular weight is 252 g/mol. The van der Waals surface area contributed by atoms with Gasteiger partial charge in [0.2, 0.25) is 5.88 Å². The first-order valence-corrected chi connectivity index (χ1v) is 5.18. The minimum Gasteiger partial charge on any atom is -0.493 e. The summed E-state index contributed by atoms with van der Waals surface area (Å²) in [7, 11) is 0. The van der Waals surface area contributed by atoms with Gasteiger partial charge in [-0.05, 0) is 17.7 Å². The molecule has 0 aliphatic carbocycles. The predicted molar refractivity (Wildman–Crippen MR) is 59.4 cm³/mol. The number of nitrogens with zero attached hydrogens (tertiary/aromatic N) is 2. The van der Waals surface area contributed by atoms with Crippen LogP contribution in [0.2, 0.25) is 0 Å². The second-order valence-electron chi connectivity index (χ2n) is 3.88. The van der Waals surface area contributed by atoms with Gasteiger partial charge in [-0.15, -0.1) is 0 Å². The third-order valence-electron chi connectivity index (χ3n) is 2.37. The molecule has 4 nitrogen and oxygen atoms in total. The van der Waals surface area contributed by atoms with E-state index in [2.05, 4.69) is 5.10 Å². The van der Waals surface area contributed by atoms with Crippen molar-refractivity contribution in [1.29, 1.82) is 0 Å². The monoisotopic (exact) mass is 252 g/mol. The lowest BCUT2D eigenvalue weighted by atomic mass is 10.2. The highest BCUT2D eigenvalue weighted by Crippen LogP contribution is 2.16. The van der Waals surface area contributed by atoms with Crippen LogP contribution in [0.3, 0.4) is 0 Å². The van der Waals surface area contributed by atoms with Crippen molar-refractivity contribution in [2.45, 2.75) is 13.5 Å². The first-order chi connectivity index (χ1) is 8.45. The lowest BCUT2D eigenvalue weighted by Crippen LogP contribution is -2.04. The Morgan fingerprint density at radius 2 is 1.89 bits per heavy atom. The molecule has 0 saturated heterocycles. The average Bonchev–Trinajstić information content (AvgIpc) is 2.59. The Morgan fingerprint density at radius 1 is 1.28 bits per heavy atom. The Balaban J connectivity index is 2.30. The molecule has 6 heteroatoms. The quantitative estimate of drug-likeness (QED) is 0.851. The molecule has 2 aromatic rings. The predicted octanol–water partition coefficient (Wildman–Crippen LogP) is 2.12. The van der Waals surface area contributed by atoms with Gasteiger partial charge < -0.3 is 5.11 Å². The van der Waals surface area contributed by atoms with Crippen LogP contribution in [0.1, 0.15) is 23.0 Å². The second kappa shape index (κ2) is 4.56. The normalized spacial score (nSPS) is 10.6. The highest BCUT2D eigenvalue weighted by molar-refractivity contribution is 5.92. The molecule has 0 unspecified atom stereocenters. The fraction of sp³-hybridized carbons (Fsp3) is 0.167. The van der Waals surface area contributed by atoms with Crippen molar-refractivity contribution in [3.8, 4) is 5.88 Å². The molecular formula is C12H10F2N2O2. The minimum absolute atomic E-state index is 0.0200. The van der Waals surface area contributed by atoms with Crippen LogP contribution in [-0.2, 0) is 6.54 Å². The maximum absolute atomic E-state index is 13.0. The van der Waals surface area contributed by atoms with E-state index in [1.807, 2.05) is 0 Å². The van der Waals surface area contributed by atoms with Crippen LogP contribution in [0.25, 0.3) is 0 Å². The van der Waals surface area contributed by atoms with Gasteiger partial charge in [0.25, 0.3) is 0 Å². The molecule has 1 aromatic carbocycles. The Labute approximate surface area is 101 Å². The lowest BCUT2D eigenvalue weighted by molar-refractivity contribution is 0.101. The fourth-order valence-corrected chi connectivity index (χ4v) is 1.57. The van der Waals surface area contributed by atoms with Crippen LogP contribution < -0.4 is 0 Å². The van der Waals surface area contributed by atoms with Crippen LogP contribution >= 0.6 is 0 Å². The van der Waals surface area contributed by atoms with Crippen molar-refractivity contribution in [3.63, 3.8) is 0 Å². The number of aromatic hydroxyl groups is 1. The molecule has 0 aliphatic heterocycles. The summed E-state index contributed by atoms with van der Waals surface area (Å²) >= 11 is 0. The lowest BCUT2D eigenvalue weighted by Gasteiger charge is -2.04. The van der Waals surface area contributed by atoms with Crippen molar-refractivity contribution < 1.29 is 18.7 Å². The maximum Gasteiger partial charge on any atom is 0.210 e. The molecule has 1 heterocycles. The topological polar surface area (TPSA) is 55.1 Å². The van der Waals surface area contributed by atoms with Crippen LogP contribution in [0.5, 0.6) is 5.88 Å². The highest BCUT2D eigenvalue weighted by Gasteiger charge is 2.11. The van der Waals surface area contributed by atoms with Crippen LogP contribution in [0, 0.1) is 11.6 Å². The zero-order valence-electron chi connectivity index (χ0n) is 9.52. The van der Waals surface area contributed by atoms with Gasteiger partial charge in [-0.3, -0.25) is 4.79 Å². The number of carbonyl (C=O) groups excluding carboxylic acids is 1. The van der Waals surface area contributed by atoms with Gasteiger partial charge in [-0.1, -0.05) is 0 Å². The summed E-state index contributed by atoms with van der Waals surface area (Å²) in [4.78, 5) is 11.1. The summed E-state index contributed by atoms with van der Waals surface area (Å²) < 4.78 is 27.1. The summed E-state index contributed by atoms with van der Waals surface area (Å²) in [5.41, 5.74) is 0.408. The molecule has 2 rings (SSSR count). The van der Waals surface area contributed by atoms with Crippen molar-refractivity contribution in [1.82, 2.24) is 9.78 Å². The number of hydrogen-bond acceptors (Lipinski definition) is 3. The molecule has 0 atom stereocenters. The van der Waals surface area contributed by atoms with Gasteiger partial charge >= 0.3 is 0 Å². The molecule has 18 heavy (non-hydrogen) atoms. The molecule has 1 aromatic heterocycles. The molecule has 0 fully saturated rings. The van der Waals surface area contributed by atoms with E-state index in [1.165, 1.54) is 13.0 Å². The van der Waals surface area contributed by atoms with E-state index >= 15 is 0 Å². The smallest absolute Gasteiger partial charge is 0.210 e. The van der Waals surface area contributed by atoms with Crippen LogP contribution in [0.15, 0.2) is 24.3 Å². The van der Waals surface area contributed by atoms with E-state index in [1.54, 1.807) is 0 Å². The first-order valence-electron chi connectivity index (χ1n) is 5.18. The summed E-state index contributed by atoms with van der Waals surface area (Å²) in [6.07, 6.45) is 0. The first kappa shape index (κ1) is 12.2. The number of rotatable bonds is 3. The number of halogens is 2. The summed E-state index contributed by atoms with van der Waals surface area (Å²) in [5.74, 6) is -1.94. The van der Waals surface area contributed by atoms with E-state index in [0.29, 0.717) is 5.56 Å². The molecule has 0 spiro atoms. The number of ketones is 1. The SMILES string of the molecule is CC(=O)c1cc(O)n(Cc2cc(F)cc(F)c2)n1. The fourth-order valence-electron chi connectivity index (χ4n) is 1.57. The summed E-state index contributed by atoms with van der Waals surface area (Å²) in [6, 6.07) is 4.24. The molecule has 0 bridgehead atoms. The van der Waals surface area contributed by atoms with E-state index in [0.717, 1.165) is 22.9 Å². The maximum atomic E-state index is 13.0. The van der Waals surface area contributed by atoms with Gasteiger partial charge in [-0.25, -0.2) is 13.5 Å². The summed E-state index contributed by atoms with van der Waals surface area (Å²) in [6.45, 7) is 1.29. The Kier molecular flexibility index (Phi) is 3.10. The van der Waals surface area contributed by atoms with Crippen LogP contribution in [0.4, 0.5) is 8.78 Å². The van der Waals surface area contributed by atoms with Crippen molar-refractivity contribution >= 4 is 5.78 Å². The molecule has 1 N–H and O–H groups in total. The van der Waals surface area contributed by atoms with E-state index in [-0.39, 0.29) is 23.9 Å². The number of aromatic nitrogens is 2. The highest BCUT2D eigenvalue weighted by atomic mass is 19.1. The molecule has 0 saturated carbocycles. The third-order valence-corrected chi connectivity index (χ3v) is 2.37. The molecule has 0 radical (unpaired) electrons. The van der Waals surface area contributed by atoms with Gasteiger partial charge in [0.1, 0.15) is 17.3 Å². The zero-order valence-corrected chi connectivity index (χ0v) is 9.52. The van der Waals surface area contributed by atoms with Crippen molar-refractivity contribution in [3.05, 3.63) is 47.2 Å². The van der Waals surface area contributed by atoms with Crippen molar-refractivity contribution in [2.24, 2.45) is 0 Å². The number of carbonyl (C=O) groups is 1. The Morgan fingerprint density at radius 3 is 2.39 bits per heavy atom. The Bertz CT molecular complexity index is 588. The zero-order chi connectivity index (χ0) is 13.3. The van der Waals surface area contributed by atoms with E-state index in [4.69, 9.17) is 0 Å². The van der Waals surface area contributed by atoms with Gasteiger partial charge in [-0.2, -0.15) is 5.10 Å². The standard InChI is InChI=1S/C12H10F2N2O2/c1-7(17)11-5-12(18)16(15-11)6-8-2-9(13)4-10(14)3-8/h2-5,18H,6H2,1H3. The van der Waals surface area contributed by atoms with E-state index < -0.39 is 11.6 Å².